The molecule has 29 heavy (non-hydrogen) atoms. The van der Waals surface area contributed by atoms with Crippen LogP contribution in [0, 0.1) is 13.8 Å². The molecule has 0 atom stereocenters. The normalized spacial score (nSPS) is 11.1. The molecule has 0 aliphatic heterocycles. The molecule has 0 amide bonds. The quantitative estimate of drug-likeness (QED) is 0.520. The second kappa shape index (κ2) is 8.78. The molecule has 2 heterocycles. The van der Waals surface area contributed by atoms with Crippen LogP contribution in [0.4, 0.5) is 17.2 Å². The number of nitrogens with zero attached hydrogens (tertiary/aromatic N) is 3. The molecular weight excluding hydrogens is 384 g/mol. The second-order valence-electron chi connectivity index (χ2n) is 7.21. The molecule has 0 fully saturated rings. The van der Waals surface area contributed by atoms with Crippen LogP contribution in [-0.4, -0.2) is 35.1 Å². The highest BCUT2D eigenvalue weighted by Crippen LogP contribution is 2.35. The molecule has 0 unspecified atom stereocenters. The average Bonchev–Trinajstić information content (AvgIpc) is 3.02. The van der Waals surface area contributed by atoms with Crippen LogP contribution in [0.3, 0.4) is 0 Å². The number of aryl methyl sites for hydroxylation is 2. The van der Waals surface area contributed by atoms with Crippen molar-refractivity contribution in [2.75, 3.05) is 23.3 Å². The maximum Gasteiger partial charge on any atom is 0.348 e. The van der Waals surface area contributed by atoms with E-state index in [9.17, 15) is 4.79 Å². The van der Waals surface area contributed by atoms with Gasteiger partial charge in [0, 0.05) is 24.5 Å². The van der Waals surface area contributed by atoms with E-state index in [1.165, 1.54) is 23.4 Å². The number of carbonyl (C=O) groups is 1. The van der Waals surface area contributed by atoms with E-state index < -0.39 is 0 Å². The number of rotatable bonds is 7. The number of benzene rings is 1. The molecular formula is C22H28N4O2S. The van der Waals surface area contributed by atoms with Gasteiger partial charge in [-0.15, -0.1) is 11.3 Å². The molecule has 0 spiro atoms. The Bertz CT molecular complexity index is 1030. The fourth-order valence-electron chi connectivity index (χ4n) is 3.33. The van der Waals surface area contributed by atoms with E-state index in [2.05, 4.69) is 59.2 Å². The van der Waals surface area contributed by atoms with E-state index in [1.54, 1.807) is 0 Å². The molecule has 0 saturated heterocycles. The molecule has 0 radical (unpaired) electrons. The SMILES string of the molecule is CCN(CC)c1ccc(Nc2ncnc3sc(C(=O)OC(C)C)c(C)c23)c(C)c1. The number of carbonyl (C=O) groups excluding carboxylic acids is 1. The molecule has 1 aromatic carbocycles. The fourth-order valence-corrected chi connectivity index (χ4v) is 4.36. The molecule has 3 aromatic rings. The van der Waals surface area contributed by atoms with Gasteiger partial charge in [0.15, 0.2) is 0 Å². The number of hydrogen-bond acceptors (Lipinski definition) is 7. The predicted molar refractivity (Wildman–Crippen MR) is 121 cm³/mol. The lowest BCUT2D eigenvalue weighted by molar-refractivity contribution is 0.0383. The van der Waals surface area contributed by atoms with E-state index in [0.29, 0.717) is 10.7 Å². The van der Waals surface area contributed by atoms with Crippen LogP contribution in [0.2, 0.25) is 0 Å². The summed E-state index contributed by atoms with van der Waals surface area (Å²) < 4.78 is 5.38. The minimum atomic E-state index is -0.314. The number of aromatic nitrogens is 2. The average molecular weight is 413 g/mol. The van der Waals surface area contributed by atoms with E-state index in [4.69, 9.17) is 4.74 Å². The first-order valence-electron chi connectivity index (χ1n) is 9.93. The van der Waals surface area contributed by atoms with Gasteiger partial charge in [-0.2, -0.15) is 0 Å². The molecule has 2 aromatic heterocycles. The predicted octanol–water partition coefficient (Wildman–Crippen LogP) is 5.46. The Balaban J connectivity index is 1.97. The molecule has 154 valence electrons. The van der Waals surface area contributed by atoms with Crippen molar-refractivity contribution < 1.29 is 9.53 Å². The zero-order valence-corrected chi connectivity index (χ0v) is 18.7. The second-order valence-corrected chi connectivity index (χ2v) is 8.21. The summed E-state index contributed by atoms with van der Waals surface area (Å²) in [5.74, 6) is 0.386. The Morgan fingerprint density at radius 2 is 1.93 bits per heavy atom. The van der Waals surface area contributed by atoms with Crippen molar-refractivity contribution in [3.8, 4) is 0 Å². The zero-order valence-electron chi connectivity index (χ0n) is 17.9. The summed E-state index contributed by atoms with van der Waals surface area (Å²) in [6.07, 6.45) is 1.36. The van der Waals surface area contributed by atoms with Gasteiger partial charge in [0.05, 0.1) is 11.5 Å². The molecule has 3 rings (SSSR count). The van der Waals surface area contributed by atoms with Crippen LogP contribution in [0.25, 0.3) is 10.2 Å². The van der Waals surface area contributed by atoms with E-state index in [0.717, 1.165) is 40.1 Å². The monoisotopic (exact) mass is 412 g/mol. The van der Waals surface area contributed by atoms with Gasteiger partial charge in [0.25, 0.3) is 0 Å². The minimum Gasteiger partial charge on any atom is -0.459 e. The van der Waals surface area contributed by atoms with Gasteiger partial charge in [-0.05, 0) is 70.9 Å². The summed E-state index contributed by atoms with van der Waals surface area (Å²) in [5.41, 5.74) is 4.17. The lowest BCUT2D eigenvalue weighted by Crippen LogP contribution is -2.21. The highest BCUT2D eigenvalue weighted by atomic mass is 32.1. The van der Waals surface area contributed by atoms with Gasteiger partial charge in [-0.1, -0.05) is 0 Å². The van der Waals surface area contributed by atoms with Gasteiger partial charge in [-0.3, -0.25) is 0 Å². The smallest absolute Gasteiger partial charge is 0.348 e. The van der Waals surface area contributed by atoms with Crippen molar-refractivity contribution in [3.63, 3.8) is 0 Å². The van der Waals surface area contributed by atoms with Crippen molar-refractivity contribution in [2.45, 2.75) is 47.6 Å². The molecule has 0 aliphatic rings. The lowest BCUT2D eigenvalue weighted by Gasteiger charge is -2.22. The Hall–Kier alpha value is -2.67. The van der Waals surface area contributed by atoms with Gasteiger partial charge in [0.1, 0.15) is 21.9 Å². The van der Waals surface area contributed by atoms with E-state index >= 15 is 0 Å². The van der Waals surface area contributed by atoms with Gasteiger partial charge >= 0.3 is 5.97 Å². The van der Waals surface area contributed by atoms with Gasteiger partial charge in [0.2, 0.25) is 0 Å². The summed E-state index contributed by atoms with van der Waals surface area (Å²) in [6.45, 7) is 13.9. The number of esters is 1. The van der Waals surface area contributed by atoms with Crippen molar-refractivity contribution >= 4 is 44.7 Å². The molecule has 1 N–H and O–H groups in total. The van der Waals surface area contributed by atoms with Gasteiger partial charge < -0.3 is 15.0 Å². The van der Waals surface area contributed by atoms with Crippen LogP contribution < -0.4 is 10.2 Å². The summed E-state index contributed by atoms with van der Waals surface area (Å²) in [5, 5.41) is 4.30. The topological polar surface area (TPSA) is 67.3 Å². The maximum atomic E-state index is 12.4. The first kappa shape index (κ1) is 21.0. The van der Waals surface area contributed by atoms with Crippen molar-refractivity contribution in [3.05, 3.63) is 40.5 Å². The zero-order chi connectivity index (χ0) is 21.1. The maximum absolute atomic E-state index is 12.4. The summed E-state index contributed by atoms with van der Waals surface area (Å²) in [4.78, 5) is 24.9. The standard InChI is InChI=1S/C22H28N4O2S/c1-7-26(8-2)16-9-10-17(14(5)11-16)25-20-18-15(6)19(22(27)28-13(3)4)29-21(18)24-12-23-20/h9-13H,7-8H2,1-6H3,(H,23,24,25). The third kappa shape index (κ3) is 4.34. The molecule has 7 heteroatoms. The number of thiophene rings is 1. The van der Waals surface area contributed by atoms with Crippen molar-refractivity contribution in [1.82, 2.24) is 9.97 Å². The Morgan fingerprint density at radius 3 is 2.55 bits per heavy atom. The van der Waals surface area contributed by atoms with Crippen molar-refractivity contribution in [1.29, 1.82) is 0 Å². The van der Waals surface area contributed by atoms with Crippen LogP contribution in [0.15, 0.2) is 24.5 Å². The molecule has 0 aliphatic carbocycles. The Labute approximate surface area is 175 Å². The third-order valence-electron chi connectivity index (χ3n) is 4.85. The Kier molecular flexibility index (Phi) is 6.37. The molecule has 0 saturated carbocycles. The van der Waals surface area contributed by atoms with E-state index in [-0.39, 0.29) is 12.1 Å². The summed E-state index contributed by atoms with van der Waals surface area (Å²) in [7, 11) is 0. The summed E-state index contributed by atoms with van der Waals surface area (Å²) in [6, 6.07) is 6.37. The van der Waals surface area contributed by atoms with Crippen LogP contribution in [-0.2, 0) is 4.74 Å². The fraction of sp³-hybridized carbons (Fsp3) is 0.409. The number of anilines is 3. The molecule has 0 bridgehead atoms. The van der Waals surface area contributed by atoms with Crippen LogP contribution in [0.5, 0.6) is 0 Å². The summed E-state index contributed by atoms with van der Waals surface area (Å²) >= 11 is 1.34. The highest BCUT2D eigenvalue weighted by Gasteiger charge is 2.21. The number of nitrogens with one attached hydrogen (secondary N) is 1. The largest absolute Gasteiger partial charge is 0.459 e. The first-order chi connectivity index (χ1) is 13.8. The molecule has 6 nitrogen and oxygen atoms in total. The minimum absolute atomic E-state index is 0.164. The van der Waals surface area contributed by atoms with Gasteiger partial charge in [-0.25, -0.2) is 14.8 Å². The van der Waals surface area contributed by atoms with Crippen LogP contribution >= 0.6 is 11.3 Å². The lowest BCUT2D eigenvalue weighted by atomic mass is 10.1. The van der Waals surface area contributed by atoms with E-state index in [1.807, 2.05) is 20.8 Å². The first-order valence-corrected chi connectivity index (χ1v) is 10.7. The highest BCUT2D eigenvalue weighted by molar-refractivity contribution is 7.20. The number of hydrogen-bond donors (Lipinski definition) is 1. The van der Waals surface area contributed by atoms with Crippen molar-refractivity contribution in [2.24, 2.45) is 0 Å². The number of fused-ring (bicyclic) bond motifs is 1. The van der Waals surface area contributed by atoms with Crippen LogP contribution in [0.1, 0.15) is 48.5 Å². The number of ether oxygens (including phenoxy) is 1. The Morgan fingerprint density at radius 1 is 1.21 bits per heavy atom. The third-order valence-corrected chi connectivity index (χ3v) is 6.03.